The molecule has 0 fully saturated rings. The smallest absolute Gasteiger partial charge is 0.330 e. The topological polar surface area (TPSA) is 43.4 Å². The number of aryl methyl sites for hydroxylation is 3. The van der Waals surface area contributed by atoms with Crippen LogP contribution in [0.1, 0.15) is 34.0 Å². The molecule has 1 aromatic rings. The molecule has 0 aromatic heterocycles. The molecule has 0 amide bonds. The maximum atomic E-state index is 12.0. The number of ether oxygens (including phenoxy) is 1. The molecule has 0 heterocycles. The van der Waals surface area contributed by atoms with Gasteiger partial charge in [-0.3, -0.25) is 4.79 Å². The van der Waals surface area contributed by atoms with Crippen LogP contribution in [-0.4, -0.2) is 18.4 Å². The largest absolute Gasteiger partial charge is 0.463 e. The van der Waals surface area contributed by atoms with E-state index in [4.69, 9.17) is 4.74 Å². The van der Waals surface area contributed by atoms with E-state index in [0.29, 0.717) is 12.2 Å². The fraction of sp³-hybridized carbons (Fsp3) is 0.333. The van der Waals surface area contributed by atoms with E-state index in [1.54, 1.807) is 6.92 Å². The third-order valence-corrected chi connectivity index (χ3v) is 2.58. The number of carbonyl (C=O) groups is 2. The van der Waals surface area contributed by atoms with E-state index in [0.717, 1.165) is 16.7 Å². The number of ketones is 1. The second-order valence-electron chi connectivity index (χ2n) is 4.22. The van der Waals surface area contributed by atoms with Crippen LogP contribution in [0, 0.1) is 20.8 Å². The summed E-state index contributed by atoms with van der Waals surface area (Å²) in [7, 11) is 0. The summed E-state index contributed by atoms with van der Waals surface area (Å²) < 4.78 is 4.73. The van der Waals surface area contributed by atoms with Crippen LogP contribution in [0.15, 0.2) is 24.3 Å². The first kappa shape index (κ1) is 14.2. The van der Waals surface area contributed by atoms with Crippen LogP contribution in [0.3, 0.4) is 0 Å². The Hall–Kier alpha value is -1.90. The lowest BCUT2D eigenvalue weighted by atomic mass is 9.96. The monoisotopic (exact) mass is 246 g/mol. The Balaban J connectivity index is 2.95. The molecule has 18 heavy (non-hydrogen) atoms. The zero-order valence-electron chi connectivity index (χ0n) is 11.2. The van der Waals surface area contributed by atoms with Gasteiger partial charge in [-0.25, -0.2) is 4.79 Å². The highest BCUT2D eigenvalue weighted by Gasteiger charge is 2.10. The number of benzene rings is 1. The molecule has 0 aliphatic heterocycles. The molecule has 0 atom stereocenters. The van der Waals surface area contributed by atoms with Crippen molar-refractivity contribution in [1.82, 2.24) is 0 Å². The number of carbonyl (C=O) groups excluding carboxylic acids is 2. The average Bonchev–Trinajstić information content (AvgIpc) is 2.25. The van der Waals surface area contributed by atoms with E-state index in [-0.39, 0.29) is 5.78 Å². The van der Waals surface area contributed by atoms with Crippen molar-refractivity contribution in [3.8, 4) is 0 Å². The van der Waals surface area contributed by atoms with Gasteiger partial charge in [0.25, 0.3) is 0 Å². The van der Waals surface area contributed by atoms with Crippen LogP contribution in [0.25, 0.3) is 0 Å². The molecular formula is C15H18O3. The number of hydrogen-bond donors (Lipinski definition) is 0. The highest BCUT2D eigenvalue weighted by molar-refractivity contribution is 6.08. The zero-order chi connectivity index (χ0) is 13.7. The molecule has 1 aromatic carbocycles. The molecule has 3 heteroatoms. The molecule has 1 rings (SSSR count). The molecule has 0 radical (unpaired) electrons. The van der Waals surface area contributed by atoms with Gasteiger partial charge >= 0.3 is 5.97 Å². The summed E-state index contributed by atoms with van der Waals surface area (Å²) in [5, 5.41) is 0. The number of rotatable bonds is 4. The average molecular weight is 246 g/mol. The lowest BCUT2D eigenvalue weighted by Gasteiger charge is -2.07. The predicted molar refractivity (Wildman–Crippen MR) is 70.8 cm³/mol. The van der Waals surface area contributed by atoms with Crippen molar-refractivity contribution >= 4 is 11.8 Å². The van der Waals surface area contributed by atoms with Crippen molar-refractivity contribution in [3.05, 3.63) is 46.5 Å². The fourth-order valence-electron chi connectivity index (χ4n) is 1.99. The minimum atomic E-state index is -0.492. The summed E-state index contributed by atoms with van der Waals surface area (Å²) in [5.74, 6) is -0.661. The van der Waals surface area contributed by atoms with Crippen LogP contribution in [-0.2, 0) is 9.53 Å². The van der Waals surface area contributed by atoms with Crippen LogP contribution >= 0.6 is 0 Å². The van der Waals surface area contributed by atoms with E-state index in [1.165, 1.54) is 12.2 Å². The summed E-state index contributed by atoms with van der Waals surface area (Å²) in [6, 6.07) is 3.91. The Kier molecular flexibility index (Phi) is 4.84. The Morgan fingerprint density at radius 2 is 1.67 bits per heavy atom. The van der Waals surface area contributed by atoms with Gasteiger partial charge in [-0.05, 0) is 44.9 Å². The Bertz CT molecular complexity index is 475. The van der Waals surface area contributed by atoms with E-state index >= 15 is 0 Å². The highest BCUT2D eigenvalue weighted by Crippen LogP contribution is 2.17. The lowest BCUT2D eigenvalue weighted by molar-refractivity contribution is -0.137. The normalized spacial score (nSPS) is 10.7. The molecule has 0 saturated carbocycles. The summed E-state index contributed by atoms with van der Waals surface area (Å²) in [4.78, 5) is 23.2. The van der Waals surface area contributed by atoms with E-state index in [1.807, 2.05) is 32.9 Å². The second kappa shape index (κ2) is 6.15. The number of allylic oxidation sites excluding steroid dienone is 1. The highest BCUT2D eigenvalue weighted by atomic mass is 16.5. The SMILES string of the molecule is CCOC(=O)/C=C/C(=O)c1c(C)cc(C)cc1C. The first-order chi connectivity index (χ1) is 8.45. The predicted octanol–water partition coefficient (Wildman–Crippen LogP) is 2.91. The summed E-state index contributed by atoms with van der Waals surface area (Å²) in [6.07, 6.45) is 2.44. The lowest BCUT2D eigenvalue weighted by Crippen LogP contribution is -2.05. The Labute approximate surface area is 107 Å². The standard InChI is InChI=1S/C15H18O3/c1-5-18-14(17)7-6-13(16)15-11(3)8-10(2)9-12(15)4/h6-9H,5H2,1-4H3/b7-6+. The van der Waals surface area contributed by atoms with Gasteiger partial charge in [0.1, 0.15) is 0 Å². The Morgan fingerprint density at radius 1 is 1.11 bits per heavy atom. The molecule has 96 valence electrons. The van der Waals surface area contributed by atoms with Gasteiger partial charge in [-0.15, -0.1) is 0 Å². The second-order valence-corrected chi connectivity index (χ2v) is 4.22. The number of hydrogen-bond acceptors (Lipinski definition) is 3. The van der Waals surface area contributed by atoms with Gasteiger partial charge in [0, 0.05) is 11.6 Å². The summed E-state index contributed by atoms with van der Waals surface area (Å²) in [6.45, 7) is 7.81. The van der Waals surface area contributed by atoms with Gasteiger partial charge in [0.2, 0.25) is 0 Å². The van der Waals surface area contributed by atoms with Gasteiger partial charge < -0.3 is 4.74 Å². The van der Waals surface area contributed by atoms with Crippen molar-refractivity contribution in [3.63, 3.8) is 0 Å². The quantitative estimate of drug-likeness (QED) is 0.466. The Morgan fingerprint density at radius 3 is 2.17 bits per heavy atom. The maximum Gasteiger partial charge on any atom is 0.330 e. The van der Waals surface area contributed by atoms with Crippen LogP contribution in [0.2, 0.25) is 0 Å². The molecule has 0 N–H and O–H groups in total. The zero-order valence-corrected chi connectivity index (χ0v) is 11.2. The molecule has 0 aliphatic carbocycles. The molecule has 0 spiro atoms. The van der Waals surface area contributed by atoms with Crippen molar-refractivity contribution in [1.29, 1.82) is 0 Å². The van der Waals surface area contributed by atoms with Gasteiger partial charge in [-0.1, -0.05) is 17.7 Å². The molecule has 0 bridgehead atoms. The molecule has 0 saturated heterocycles. The molecule has 3 nitrogen and oxygen atoms in total. The van der Waals surface area contributed by atoms with Gasteiger partial charge in [0.15, 0.2) is 5.78 Å². The van der Waals surface area contributed by atoms with Crippen molar-refractivity contribution in [2.75, 3.05) is 6.61 Å². The molecular weight excluding hydrogens is 228 g/mol. The van der Waals surface area contributed by atoms with Crippen LogP contribution in [0.5, 0.6) is 0 Å². The van der Waals surface area contributed by atoms with Gasteiger partial charge in [-0.2, -0.15) is 0 Å². The third-order valence-electron chi connectivity index (χ3n) is 2.58. The van der Waals surface area contributed by atoms with Crippen molar-refractivity contribution in [2.45, 2.75) is 27.7 Å². The minimum absolute atomic E-state index is 0.168. The van der Waals surface area contributed by atoms with E-state index in [9.17, 15) is 9.59 Å². The maximum absolute atomic E-state index is 12.0. The van der Waals surface area contributed by atoms with Crippen molar-refractivity contribution in [2.24, 2.45) is 0 Å². The van der Waals surface area contributed by atoms with Gasteiger partial charge in [0.05, 0.1) is 6.61 Å². The summed E-state index contributed by atoms with van der Waals surface area (Å²) in [5.41, 5.74) is 3.62. The minimum Gasteiger partial charge on any atom is -0.463 e. The number of esters is 1. The third kappa shape index (κ3) is 3.55. The van der Waals surface area contributed by atoms with E-state index < -0.39 is 5.97 Å². The van der Waals surface area contributed by atoms with Crippen molar-refractivity contribution < 1.29 is 14.3 Å². The van der Waals surface area contributed by atoms with Crippen LogP contribution < -0.4 is 0 Å². The molecule has 0 aliphatic rings. The first-order valence-corrected chi connectivity index (χ1v) is 5.92. The van der Waals surface area contributed by atoms with Crippen LogP contribution in [0.4, 0.5) is 0 Å². The first-order valence-electron chi connectivity index (χ1n) is 5.92. The fourth-order valence-corrected chi connectivity index (χ4v) is 1.99. The van der Waals surface area contributed by atoms with E-state index in [2.05, 4.69) is 0 Å². The molecule has 0 unspecified atom stereocenters. The summed E-state index contributed by atoms with van der Waals surface area (Å²) >= 11 is 0.